The molecule has 0 atom stereocenters. The minimum absolute atomic E-state index is 0.536. The maximum Gasteiger partial charge on any atom is 0.228 e. The number of aromatic nitrogens is 3. The average molecular weight is 373 g/mol. The summed E-state index contributed by atoms with van der Waals surface area (Å²) in [6.45, 7) is 1.34. The summed E-state index contributed by atoms with van der Waals surface area (Å²) in [6.07, 6.45) is 4.68. The summed E-state index contributed by atoms with van der Waals surface area (Å²) in [5, 5.41) is 11.1. The van der Waals surface area contributed by atoms with Gasteiger partial charge in [-0.3, -0.25) is 4.99 Å². The minimum Gasteiger partial charge on any atom is -0.357 e. The second kappa shape index (κ2) is 8.53. The number of rotatable bonds is 6. The molecular formula is C18H21ClN6O. The molecular weight excluding hydrogens is 352 g/mol. The Labute approximate surface area is 157 Å². The average Bonchev–Trinajstić information content (AvgIpc) is 3.27. The molecule has 1 aromatic carbocycles. The van der Waals surface area contributed by atoms with E-state index in [1.54, 1.807) is 7.05 Å². The van der Waals surface area contributed by atoms with Gasteiger partial charge in [-0.25, -0.2) is 0 Å². The van der Waals surface area contributed by atoms with Crippen LogP contribution in [0.2, 0.25) is 5.02 Å². The van der Waals surface area contributed by atoms with Gasteiger partial charge in [0.1, 0.15) is 0 Å². The van der Waals surface area contributed by atoms with Crippen LogP contribution in [0.3, 0.4) is 0 Å². The predicted molar refractivity (Wildman–Crippen MR) is 102 cm³/mol. The van der Waals surface area contributed by atoms with Gasteiger partial charge in [0.15, 0.2) is 5.96 Å². The molecule has 3 aromatic rings. The number of aliphatic imine (C=N–C) groups is 1. The van der Waals surface area contributed by atoms with E-state index in [0.29, 0.717) is 36.2 Å². The smallest absolute Gasteiger partial charge is 0.228 e. The monoisotopic (exact) mass is 372 g/mol. The quantitative estimate of drug-likeness (QED) is 0.513. The van der Waals surface area contributed by atoms with Gasteiger partial charge >= 0.3 is 0 Å². The molecule has 0 aliphatic heterocycles. The molecule has 2 aromatic heterocycles. The topological polar surface area (TPSA) is 80.3 Å². The highest BCUT2D eigenvalue weighted by Crippen LogP contribution is 2.19. The Morgan fingerprint density at radius 3 is 2.92 bits per heavy atom. The lowest BCUT2D eigenvalue weighted by Crippen LogP contribution is -2.37. The van der Waals surface area contributed by atoms with Crippen molar-refractivity contribution in [2.45, 2.75) is 13.0 Å². The van der Waals surface area contributed by atoms with Gasteiger partial charge in [0.2, 0.25) is 11.7 Å². The van der Waals surface area contributed by atoms with Crippen LogP contribution in [-0.4, -0.2) is 34.3 Å². The lowest BCUT2D eigenvalue weighted by Gasteiger charge is -2.10. The van der Waals surface area contributed by atoms with Crippen LogP contribution in [0.4, 0.5) is 0 Å². The van der Waals surface area contributed by atoms with Crippen LogP contribution in [0.25, 0.3) is 11.4 Å². The van der Waals surface area contributed by atoms with Crippen molar-refractivity contribution < 1.29 is 4.52 Å². The van der Waals surface area contributed by atoms with E-state index in [1.807, 2.05) is 42.1 Å². The maximum atomic E-state index is 5.99. The van der Waals surface area contributed by atoms with Crippen LogP contribution in [-0.2, 0) is 20.0 Å². The molecule has 2 heterocycles. The van der Waals surface area contributed by atoms with Gasteiger partial charge in [0.25, 0.3) is 0 Å². The van der Waals surface area contributed by atoms with E-state index in [1.165, 1.54) is 5.56 Å². The van der Waals surface area contributed by atoms with Crippen LogP contribution in [0.5, 0.6) is 0 Å². The first kappa shape index (κ1) is 18.0. The molecule has 7 nitrogen and oxygen atoms in total. The zero-order valence-electron chi connectivity index (χ0n) is 14.7. The number of nitrogens with one attached hydrogen (secondary N) is 2. The minimum atomic E-state index is 0.536. The van der Waals surface area contributed by atoms with Crippen molar-refractivity contribution in [3.05, 3.63) is 59.2 Å². The summed E-state index contributed by atoms with van der Waals surface area (Å²) < 4.78 is 7.31. The SMILES string of the molecule is CN=C(NCCc1nc(-c2cccc(Cl)c2)no1)NCc1ccn(C)c1. The van der Waals surface area contributed by atoms with Crippen molar-refractivity contribution in [1.29, 1.82) is 0 Å². The molecule has 136 valence electrons. The third kappa shape index (κ3) is 4.86. The second-order valence-electron chi connectivity index (χ2n) is 5.81. The molecule has 0 spiro atoms. The predicted octanol–water partition coefficient (Wildman–Crippen LogP) is 2.64. The van der Waals surface area contributed by atoms with Crippen molar-refractivity contribution in [1.82, 2.24) is 25.3 Å². The summed E-state index contributed by atoms with van der Waals surface area (Å²) in [5.74, 6) is 1.82. The number of aryl methyl sites for hydroxylation is 1. The van der Waals surface area contributed by atoms with Gasteiger partial charge in [0.05, 0.1) is 0 Å². The third-order valence-corrected chi connectivity index (χ3v) is 3.99. The highest BCUT2D eigenvalue weighted by atomic mass is 35.5. The van der Waals surface area contributed by atoms with E-state index in [0.717, 1.165) is 11.5 Å². The molecule has 2 N–H and O–H groups in total. The van der Waals surface area contributed by atoms with E-state index < -0.39 is 0 Å². The van der Waals surface area contributed by atoms with E-state index in [4.69, 9.17) is 16.1 Å². The number of hydrogen-bond acceptors (Lipinski definition) is 4. The lowest BCUT2D eigenvalue weighted by atomic mass is 10.2. The number of nitrogens with zero attached hydrogens (tertiary/aromatic N) is 4. The van der Waals surface area contributed by atoms with Gasteiger partial charge in [-0.05, 0) is 23.8 Å². The fourth-order valence-corrected chi connectivity index (χ4v) is 2.65. The van der Waals surface area contributed by atoms with Crippen molar-refractivity contribution in [3.63, 3.8) is 0 Å². The van der Waals surface area contributed by atoms with E-state index in [2.05, 4.69) is 38.0 Å². The van der Waals surface area contributed by atoms with Gasteiger partial charge in [-0.1, -0.05) is 28.9 Å². The Kier molecular flexibility index (Phi) is 5.91. The molecule has 8 heteroatoms. The van der Waals surface area contributed by atoms with Crippen molar-refractivity contribution in [3.8, 4) is 11.4 Å². The van der Waals surface area contributed by atoms with Gasteiger partial charge in [-0.15, -0.1) is 0 Å². The van der Waals surface area contributed by atoms with Crippen LogP contribution in [0, 0.1) is 0 Å². The van der Waals surface area contributed by atoms with Crippen LogP contribution in [0.1, 0.15) is 11.5 Å². The molecule has 0 aliphatic carbocycles. The van der Waals surface area contributed by atoms with Crippen molar-refractivity contribution in [2.24, 2.45) is 12.0 Å². The fraction of sp³-hybridized carbons (Fsp3) is 0.278. The highest BCUT2D eigenvalue weighted by molar-refractivity contribution is 6.30. The Morgan fingerprint density at radius 1 is 1.31 bits per heavy atom. The number of guanidine groups is 1. The Hall–Kier alpha value is -2.80. The first-order chi connectivity index (χ1) is 12.6. The highest BCUT2D eigenvalue weighted by Gasteiger charge is 2.09. The summed E-state index contributed by atoms with van der Waals surface area (Å²) in [6, 6.07) is 9.44. The summed E-state index contributed by atoms with van der Waals surface area (Å²) in [7, 11) is 3.74. The van der Waals surface area contributed by atoms with E-state index in [-0.39, 0.29) is 0 Å². The second-order valence-corrected chi connectivity index (χ2v) is 6.25. The first-order valence-corrected chi connectivity index (χ1v) is 8.66. The Balaban J connectivity index is 1.48. The molecule has 0 aliphatic rings. The molecule has 3 rings (SSSR count). The van der Waals surface area contributed by atoms with Crippen LogP contribution < -0.4 is 10.6 Å². The maximum absolute atomic E-state index is 5.99. The molecule has 0 fully saturated rings. The number of hydrogen-bond donors (Lipinski definition) is 2. The first-order valence-electron chi connectivity index (χ1n) is 8.28. The molecule has 0 radical (unpaired) electrons. The number of benzene rings is 1. The Bertz CT molecular complexity index is 885. The third-order valence-electron chi connectivity index (χ3n) is 3.76. The molecule has 0 saturated heterocycles. The van der Waals surface area contributed by atoms with Gasteiger partial charge < -0.3 is 19.7 Å². The van der Waals surface area contributed by atoms with Gasteiger partial charge in [0, 0.05) is 56.6 Å². The number of halogens is 1. The fourth-order valence-electron chi connectivity index (χ4n) is 2.46. The van der Waals surface area contributed by atoms with E-state index in [9.17, 15) is 0 Å². The molecule has 26 heavy (non-hydrogen) atoms. The zero-order chi connectivity index (χ0) is 18.4. The standard InChI is InChI=1S/C18H21ClN6O/c1-20-18(22-11-13-7-9-25(2)12-13)21-8-6-16-23-17(24-26-16)14-4-3-5-15(19)10-14/h3-5,7,9-10,12H,6,8,11H2,1-2H3,(H2,20,21,22). The zero-order valence-corrected chi connectivity index (χ0v) is 15.5. The summed E-state index contributed by atoms with van der Waals surface area (Å²) >= 11 is 5.99. The van der Waals surface area contributed by atoms with Crippen LogP contribution in [0.15, 0.2) is 52.2 Å². The summed E-state index contributed by atoms with van der Waals surface area (Å²) in [4.78, 5) is 8.61. The molecule has 0 bridgehead atoms. The lowest BCUT2D eigenvalue weighted by molar-refractivity contribution is 0.378. The van der Waals surface area contributed by atoms with Gasteiger partial charge in [-0.2, -0.15) is 4.98 Å². The largest absolute Gasteiger partial charge is 0.357 e. The normalized spacial score (nSPS) is 11.6. The van der Waals surface area contributed by atoms with Crippen molar-refractivity contribution in [2.75, 3.05) is 13.6 Å². The van der Waals surface area contributed by atoms with E-state index >= 15 is 0 Å². The van der Waals surface area contributed by atoms with Crippen LogP contribution >= 0.6 is 11.6 Å². The summed E-state index contributed by atoms with van der Waals surface area (Å²) in [5.41, 5.74) is 2.03. The molecule has 0 amide bonds. The van der Waals surface area contributed by atoms with Crippen molar-refractivity contribution >= 4 is 17.6 Å². The molecule has 0 saturated carbocycles. The Morgan fingerprint density at radius 2 is 2.19 bits per heavy atom. The molecule has 0 unspecified atom stereocenters.